The summed E-state index contributed by atoms with van der Waals surface area (Å²) in [5.74, 6) is 0.277. The monoisotopic (exact) mass is 269 g/mol. The molecule has 0 saturated carbocycles. The zero-order valence-electron chi connectivity index (χ0n) is 10.8. The molecule has 0 aliphatic heterocycles. The smallest absolute Gasteiger partial charge is 0.139 e. The van der Waals surface area contributed by atoms with Gasteiger partial charge in [0.25, 0.3) is 0 Å². The van der Waals surface area contributed by atoms with E-state index < -0.39 is 0 Å². The van der Waals surface area contributed by atoms with Crippen LogP contribution in [0, 0.1) is 0 Å². The van der Waals surface area contributed by atoms with Crippen LogP contribution in [0.2, 0.25) is 5.02 Å². The highest BCUT2D eigenvalue weighted by Gasteiger charge is 2.11. The fraction of sp³-hybridized carbons (Fsp3) is 0.462. The maximum Gasteiger partial charge on any atom is 0.139 e. The largest absolute Gasteiger partial charge is 0.409 e. The molecule has 3 N–H and O–H groups in total. The van der Waals surface area contributed by atoms with Crippen molar-refractivity contribution in [2.45, 2.75) is 25.8 Å². The van der Waals surface area contributed by atoms with Crippen LogP contribution in [0.3, 0.4) is 0 Å². The van der Waals surface area contributed by atoms with E-state index in [0.717, 1.165) is 18.0 Å². The molecule has 18 heavy (non-hydrogen) atoms. The number of oxime groups is 1. The SMILES string of the molecule is CC(c1cccc(Cl)c1)N(C)CCCC(N)=NO. The fourth-order valence-corrected chi connectivity index (χ4v) is 1.97. The van der Waals surface area contributed by atoms with E-state index in [4.69, 9.17) is 22.5 Å². The molecule has 1 atom stereocenters. The van der Waals surface area contributed by atoms with Crippen LogP contribution in [-0.4, -0.2) is 29.5 Å². The Kier molecular flexibility index (Phi) is 5.95. The van der Waals surface area contributed by atoms with E-state index in [9.17, 15) is 0 Å². The molecule has 0 aromatic heterocycles. The number of hydrogen-bond acceptors (Lipinski definition) is 3. The summed E-state index contributed by atoms with van der Waals surface area (Å²) in [4.78, 5) is 2.22. The van der Waals surface area contributed by atoms with Gasteiger partial charge in [-0.05, 0) is 44.6 Å². The Morgan fingerprint density at radius 3 is 2.89 bits per heavy atom. The van der Waals surface area contributed by atoms with Crippen LogP contribution in [0.1, 0.15) is 31.4 Å². The molecule has 0 aliphatic carbocycles. The molecule has 0 aliphatic rings. The van der Waals surface area contributed by atoms with Gasteiger partial charge in [0.1, 0.15) is 5.84 Å². The van der Waals surface area contributed by atoms with Gasteiger partial charge in [-0.1, -0.05) is 28.9 Å². The van der Waals surface area contributed by atoms with E-state index in [1.54, 1.807) is 0 Å². The lowest BCUT2D eigenvalue weighted by molar-refractivity contribution is 0.259. The van der Waals surface area contributed by atoms with E-state index in [0.29, 0.717) is 6.42 Å². The molecular weight excluding hydrogens is 250 g/mol. The predicted octanol–water partition coefficient (Wildman–Crippen LogP) is 2.86. The molecule has 0 spiro atoms. The van der Waals surface area contributed by atoms with Gasteiger partial charge in [-0.3, -0.25) is 4.90 Å². The van der Waals surface area contributed by atoms with Crippen LogP contribution in [0.5, 0.6) is 0 Å². The van der Waals surface area contributed by atoms with Gasteiger partial charge in [0.2, 0.25) is 0 Å². The molecule has 0 heterocycles. The number of amidine groups is 1. The number of hydrogen-bond donors (Lipinski definition) is 2. The number of halogens is 1. The first-order valence-corrected chi connectivity index (χ1v) is 6.34. The van der Waals surface area contributed by atoms with Crippen LogP contribution in [0.25, 0.3) is 0 Å². The van der Waals surface area contributed by atoms with E-state index >= 15 is 0 Å². The van der Waals surface area contributed by atoms with Gasteiger partial charge in [-0.25, -0.2) is 0 Å². The van der Waals surface area contributed by atoms with Gasteiger partial charge < -0.3 is 10.9 Å². The third-order valence-electron chi connectivity index (χ3n) is 3.06. The summed E-state index contributed by atoms with van der Waals surface area (Å²) < 4.78 is 0. The fourth-order valence-electron chi connectivity index (χ4n) is 1.77. The van der Waals surface area contributed by atoms with Crippen molar-refractivity contribution in [2.75, 3.05) is 13.6 Å². The second-order valence-corrected chi connectivity index (χ2v) is 4.84. The Balaban J connectivity index is 2.48. The average Bonchev–Trinajstić information content (AvgIpc) is 2.37. The van der Waals surface area contributed by atoms with Gasteiger partial charge in [0.05, 0.1) is 0 Å². The minimum atomic E-state index is 0.277. The first-order valence-electron chi connectivity index (χ1n) is 5.96. The first kappa shape index (κ1) is 14.8. The van der Waals surface area contributed by atoms with Gasteiger partial charge in [0.15, 0.2) is 0 Å². The molecule has 0 bridgehead atoms. The summed E-state index contributed by atoms with van der Waals surface area (Å²) in [6, 6.07) is 8.16. The lowest BCUT2D eigenvalue weighted by Crippen LogP contribution is -2.24. The molecular formula is C13H20ClN3O. The molecule has 0 saturated heterocycles. The van der Waals surface area contributed by atoms with Gasteiger partial charge in [0, 0.05) is 17.5 Å². The highest BCUT2D eigenvalue weighted by Crippen LogP contribution is 2.21. The highest BCUT2D eigenvalue weighted by atomic mass is 35.5. The van der Waals surface area contributed by atoms with E-state index in [-0.39, 0.29) is 11.9 Å². The van der Waals surface area contributed by atoms with Crippen LogP contribution in [0.4, 0.5) is 0 Å². The Morgan fingerprint density at radius 1 is 1.56 bits per heavy atom. The summed E-state index contributed by atoms with van der Waals surface area (Å²) >= 11 is 5.98. The minimum Gasteiger partial charge on any atom is -0.409 e. The molecule has 1 aromatic rings. The van der Waals surface area contributed by atoms with E-state index in [1.165, 1.54) is 5.56 Å². The molecule has 0 fully saturated rings. The van der Waals surface area contributed by atoms with Crippen molar-refractivity contribution in [2.24, 2.45) is 10.9 Å². The van der Waals surface area contributed by atoms with Gasteiger partial charge >= 0.3 is 0 Å². The number of nitrogens with two attached hydrogens (primary N) is 1. The normalized spacial score (nSPS) is 13.9. The van der Waals surface area contributed by atoms with Crippen molar-refractivity contribution in [1.29, 1.82) is 0 Å². The average molecular weight is 270 g/mol. The highest BCUT2D eigenvalue weighted by molar-refractivity contribution is 6.30. The third kappa shape index (κ3) is 4.55. The van der Waals surface area contributed by atoms with Crippen molar-refractivity contribution >= 4 is 17.4 Å². The van der Waals surface area contributed by atoms with Crippen molar-refractivity contribution < 1.29 is 5.21 Å². The maximum atomic E-state index is 8.45. The van der Waals surface area contributed by atoms with Crippen LogP contribution in [0.15, 0.2) is 29.4 Å². The molecule has 4 nitrogen and oxygen atoms in total. The molecule has 0 radical (unpaired) electrons. The summed E-state index contributed by atoms with van der Waals surface area (Å²) in [5.41, 5.74) is 6.62. The minimum absolute atomic E-state index is 0.277. The second kappa shape index (κ2) is 7.24. The lowest BCUT2D eigenvalue weighted by Gasteiger charge is -2.25. The standard InChI is InChI=1S/C13H20ClN3O/c1-10(11-5-3-6-12(14)9-11)17(2)8-4-7-13(15)16-18/h3,5-6,9-10,18H,4,7-8H2,1-2H3,(H2,15,16). The van der Waals surface area contributed by atoms with Crippen molar-refractivity contribution in [3.8, 4) is 0 Å². The Morgan fingerprint density at radius 2 is 2.28 bits per heavy atom. The Hall–Kier alpha value is -1.26. The molecule has 1 unspecified atom stereocenters. The van der Waals surface area contributed by atoms with E-state index in [1.807, 2.05) is 18.2 Å². The topological polar surface area (TPSA) is 61.8 Å². The van der Waals surface area contributed by atoms with Crippen LogP contribution in [-0.2, 0) is 0 Å². The van der Waals surface area contributed by atoms with Gasteiger partial charge in [-0.15, -0.1) is 0 Å². The molecule has 0 amide bonds. The number of rotatable bonds is 6. The molecule has 1 rings (SSSR count). The molecule has 5 heteroatoms. The number of nitrogens with zero attached hydrogens (tertiary/aromatic N) is 2. The van der Waals surface area contributed by atoms with Crippen molar-refractivity contribution in [3.63, 3.8) is 0 Å². The summed E-state index contributed by atoms with van der Waals surface area (Å²) in [5, 5.41) is 12.2. The van der Waals surface area contributed by atoms with Crippen LogP contribution < -0.4 is 5.73 Å². The first-order chi connectivity index (χ1) is 8.54. The third-order valence-corrected chi connectivity index (χ3v) is 3.30. The summed E-state index contributed by atoms with van der Waals surface area (Å²) in [6.45, 7) is 3.01. The maximum absolute atomic E-state index is 8.45. The molecule has 100 valence electrons. The summed E-state index contributed by atoms with van der Waals surface area (Å²) in [7, 11) is 2.05. The molecule has 1 aromatic carbocycles. The van der Waals surface area contributed by atoms with Crippen molar-refractivity contribution in [3.05, 3.63) is 34.9 Å². The Labute approximate surface area is 113 Å². The zero-order valence-corrected chi connectivity index (χ0v) is 11.6. The quantitative estimate of drug-likeness (QED) is 0.361. The Bertz CT molecular complexity index is 409. The zero-order chi connectivity index (χ0) is 13.5. The van der Waals surface area contributed by atoms with E-state index in [2.05, 4.69) is 30.1 Å². The number of benzene rings is 1. The van der Waals surface area contributed by atoms with Gasteiger partial charge in [-0.2, -0.15) is 0 Å². The van der Waals surface area contributed by atoms with Crippen LogP contribution >= 0.6 is 11.6 Å². The lowest BCUT2D eigenvalue weighted by atomic mass is 10.1. The van der Waals surface area contributed by atoms with Crippen molar-refractivity contribution in [1.82, 2.24) is 4.90 Å². The summed E-state index contributed by atoms with van der Waals surface area (Å²) in [6.07, 6.45) is 1.46. The predicted molar refractivity (Wildman–Crippen MR) is 75.1 cm³/mol. The second-order valence-electron chi connectivity index (χ2n) is 4.41.